The van der Waals surface area contributed by atoms with Crippen LogP contribution in [-0.4, -0.2) is 23.9 Å². The van der Waals surface area contributed by atoms with Crippen LogP contribution in [0, 0.1) is 17.3 Å². The molecule has 0 bridgehead atoms. The van der Waals surface area contributed by atoms with Crippen molar-refractivity contribution in [2.24, 2.45) is 17.3 Å². The van der Waals surface area contributed by atoms with E-state index in [-0.39, 0.29) is 0 Å². The molecule has 0 aromatic heterocycles. The van der Waals surface area contributed by atoms with E-state index < -0.39 is 0 Å². The van der Waals surface area contributed by atoms with E-state index in [4.69, 9.17) is 0 Å². The highest BCUT2D eigenvalue weighted by Gasteiger charge is 2.40. The minimum absolute atomic E-state index is 0.361. The molecular weight excluding hydrogens is 186 g/mol. The summed E-state index contributed by atoms with van der Waals surface area (Å²) in [6.45, 7) is 8.85. The lowest BCUT2D eigenvalue weighted by atomic mass is 9.78. The number of amides is 1. The van der Waals surface area contributed by atoms with Gasteiger partial charge < -0.3 is 4.90 Å². The summed E-state index contributed by atoms with van der Waals surface area (Å²) in [5.74, 6) is 1.49. The number of carbonyl (C=O) groups is 1. The Labute approximate surface area is 93.0 Å². The average molecular weight is 209 g/mol. The van der Waals surface area contributed by atoms with E-state index in [0.717, 1.165) is 25.9 Å². The first-order chi connectivity index (χ1) is 7.03. The maximum atomic E-state index is 12.1. The van der Waals surface area contributed by atoms with Crippen LogP contribution in [0.4, 0.5) is 0 Å². The molecule has 1 saturated carbocycles. The zero-order chi connectivity index (χ0) is 11.1. The van der Waals surface area contributed by atoms with Gasteiger partial charge in [-0.1, -0.05) is 27.2 Å². The maximum absolute atomic E-state index is 12.1. The van der Waals surface area contributed by atoms with E-state index in [1.807, 2.05) is 0 Å². The Hall–Kier alpha value is -0.530. The van der Waals surface area contributed by atoms with E-state index in [0.29, 0.717) is 23.2 Å². The number of hydrogen-bond donors (Lipinski definition) is 0. The lowest BCUT2D eigenvalue weighted by Gasteiger charge is -2.32. The molecule has 2 fully saturated rings. The molecule has 86 valence electrons. The number of carbonyl (C=O) groups excluding carboxylic acids is 1. The molecule has 0 radical (unpaired) electrons. The van der Waals surface area contributed by atoms with Gasteiger partial charge in [0.2, 0.25) is 5.91 Å². The molecule has 0 N–H and O–H groups in total. The standard InChI is InChI=1S/C13H23NO/c1-10(2)13(3)7-8-14(9-13)12(15)11-5-4-6-11/h10-11H,4-9H2,1-3H3/t13-/m0/s1. The number of hydrogen-bond acceptors (Lipinski definition) is 1. The van der Waals surface area contributed by atoms with Gasteiger partial charge >= 0.3 is 0 Å². The van der Waals surface area contributed by atoms with Crippen molar-refractivity contribution < 1.29 is 4.79 Å². The molecule has 1 aliphatic carbocycles. The van der Waals surface area contributed by atoms with Crippen molar-refractivity contribution in [1.82, 2.24) is 4.90 Å². The predicted molar refractivity (Wildman–Crippen MR) is 61.5 cm³/mol. The molecule has 2 heteroatoms. The van der Waals surface area contributed by atoms with Crippen molar-refractivity contribution in [1.29, 1.82) is 0 Å². The normalized spacial score (nSPS) is 32.1. The fourth-order valence-electron chi connectivity index (χ4n) is 2.56. The largest absolute Gasteiger partial charge is 0.342 e. The first kappa shape index (κ1) is 11.0. The first-order valence-corrected chi connectivity index (χ1v) is 6.32. The third-order valence-electron chi connectivity index (χ3n) is 4.66. The lowest BCUT2D eigenvalue weighted by Crippen LogP contribution is -2.39. The predicted octanol–water partition coefficient (Wildman–Crippen LogP) is 2.68. The summed E-state index contributed by atoms with van der Waals surface area (Å²) in [6.07, 6.45) is 4.70. The smallest absolute Gasteiger partial charge is 0.225 e. The molecule has 0 aromatic carbocycles. The molecule has 0 spiro atoms. The van der Waals surface area contributed by atoms with Gasteiger partial charge in [-0.2, -0.15) is 0 Å². The van der Waals surface area contributed by atoms with Crippen LogP contribution in [0.2, 0.25) is 0 Å². The molecule has 0 unspecified atom stereocenters. The van der Waals surface area contributed by atoms with Gasteiger partial charge in [-0.25, -0.2) is 0 Å². The van der Waals surface area contributed by atoms with Gasteiger partial charge in [0, 0.05) is 19.0 Å². The Kier molecular flexibility index (Phi) is 2.78. The first-order valence-electron chi connectivity index (χ1n) is 6.32. The summed E-state index contributed by atoms with van der Waals surface area (Å²) >= 11 is 0. The van der Waals surface area contributed by atoms with Crippen LogP contribution >= 0.6 is 0 Å². The van der Waals surface area contributed by atoms with E-state index in [9.17, 15) is 4.79 Å². The molecule has 1 saturated heterocycles. The van der Waals surface area contributed by atoms with Crippen molar-refractivity contribution in [3.05, 3.63) is 0 Å². The summed E-state index contributed by atoms with van der Waals surface area (Å²) in [5, 5.41) is 0. The Morgan fingerprint density at radius 2 is 2.07 bits per heavy atom. The van der Waals surface area contributed by atoms with E-state index in [2.05, 4.69) is 25.7 Å². The molecule has 1 atom stereocenters. The second-order valence-electron chi connectivity index (χ2n) is 5.95. The van der Waals surface area contributed by atoms with Gasteiger partial charge in [0.25, 0.3) is 0 Å². The minimum Gasteiger partial charge on any atom is -0.342 e. The van der Waals surface area contributed by atoms with Crippen LogP contribution < -0.4 is 0 Å². The maximum Gasteiger partial charge on any atom is 0.225 e. The zero-order valence-electron chi connectivity index (χ0n) is 10.3. The van der Waals surface area contributed by atoms with Crippen molar-refractivity contribution in [2.45, 2.75) is 46.5 Å². The number of rotatable bonds is 2. The Bertz CT molecular complexity index is 257. The van der Waals surface area contributed by atoms with E-state index in [1.165, 1.54) is 12.8 Å². The van der Waals surface area contributed by atoms with Crippen LogP contribution in [-0.2, 0) is 4.79 Å². The minimum atomic E-state index is 0.361. The fourth-order valence-corrected chi connectivity index (χ4v) is 2.56. The number of nitrogens with zero attached hydrogens (tertiary/aromatic N) is 1. The van der Waals surface area contributed by atoms with Crippen molar-refractivity contribution >= 4 is 5.91 Å². The molecule has 1 aliphatic heterocycles. The molecule has 2 rings (SSSR count). The second-order valence-corrected chi connectivity index (χ2v) is 5.95. The van der Waals surface area contributed by atoms with Crippen LogP contribution in [0.3, 0.4) is 0 Å². The molecule has 15 heavy (non-hydrogen) atoms. The summed E-state index contributed by atoms with van der Waals surface area (Å²) in [7, 11) is 0. The summed E-state index contributed by atoms with van der Waals surface area (Å²) in [5.41, 5.74) is 0.361. The van der Waals surface area contributed by atoms with Gasteiger partial charge in [-0.05, 0) is 30.6 Å². The fraction of sp³-hybridized carbons (Fsp3) is 0.923. The highest BCUT2D eigenvalue weighted by atomic mass is 16.2. The second kappa shape index (κ2) is 3.80. The van der Waals surface area contributed by atoms with Gasteiger partial charge in [0.1, 0.15) is 0 Å². The molecule has 2 nitrogen and oxygen atoms in total. The molecule has 1 heterocycles. The van der Waals surface area contributed by atoms with Gasteiger partial charge in [-0.15, -0.1) is 0 Å². The summed E-state index contributed by atoms with van der Waals surface area (Å²) in [4.78, 5) is 14.2. The van der Waals surface area contributed by atoms with Crippen LogP contribution in [0.5, 0.6) is 0 Å². The van der Waals surface area contributed by atoms with Gasteiger partial charge in [0.15, 0.2) is 0 Å². The van der Waals surface area contributed by atoms with Crippen LogP contribution in [0.1, 0.15) is 46.5 Å². The quantitative estimate of drug-likeness (QED) is 0.684. The van der Waals surface area contributed by atoms with Crippen LogP contribution in [0.25, 0.3) is 0 Å². The number of likely N-dealkylation sites (tertiary alicyclic amines) is 1. The van der Waals surface area contributed by atoms with E-state index >= 15 is 0 Å². The van der Waals surface area contributed by atoms with E-state index in [1.54, 1.807) is 0 Å². The SMILES string of the molecule is CC(C)[C@@]1(C)CCN(C(=O)C2CCC2)C1. The average Bonchev–Trinajstić information content (AvgIpc) is 2.46. The molecule has 1 amide bonds. The van der Waals surface area contributed by atoms with Crippen LogP contribution in [0.15, 0.2) is 0 Å². The Balaban J connectivity index is 1.94. The van der Waals surface area contributed by atoms with Crippen molar-refractivity contribution in [3.8, 4) is 0 Å². The van der Waals surface area contributed by atoms with Crippen molar-refractivity contribution in [3.63, 3.8) is 0 Å². The Morgan fingerprint density at radius 3 is 2.47 bits per heavy atom. The summed E-state index contributed by atoms with van der Waals surface area (Å²) < 4.78 is 0. The monoisotopic (exact) mass is 209 g/mol. The summed E-state index contributed by atoms with van der Waals surface area (Å²) in [6, 6.07) is 0. The Morgan fingerprint density at radius 1 is 1.40 bits per heavy atom. The topological polar surface area (TPSA) is 20.3 Å². The molecule has 2 aliphatic rings. The molecule has 0 aromatic rings. The zero-order valence-corrected chi connectivity index (χ0v) is 10.3. The molecular formula is C13H23NO. The lowest BCUT2D eigenvalue weighted by molar-refractivity contribution is -0.137. The highest BCUT2D eigenvalue weighted by Crippen LogP contribution is 2.39. The highest BCUT2D eigenvalue weighted by molar-refractivity contribution is 5.79. The van der Waals surface area contributed by atoms with Gasteiger partial charge in [-0.3, -0.25) is 4.79 Å². The van der Waals surface area contributed by atoms with Gasteiger partial charge in [0.05, 0.1) is 0 Å². The third kappa shape index (κ3) is 1.91. The van der Waals surface area contributed by atoms with Crippen molar-refractivity contribution in [2.75, 3.05) is 13.1 Å². The third-order valence-corrected chi connectivity index (χ3v) is 4.66.